The first-order chi connectivity index (χ1) is 15.8. The maximum Gasteiger partial charge on any atom is 0.178 e. The van der Waals surface area contributed by atoms with Crippen LogP contribution in [0.5, 0.6) is 5.75 Å². The maximum absolute atomic E-state index is 6.03. The number of aromatic amines is 1. The van der Waals surface area contributed by atoms with Gasteiger partial charge in [-0.15, -0.1) is 10.2 Å². The summed E-state index contributed by atoms with van der Waals surface area (Å²) in [5.41, 5.74) is 4.55. The molecule has 0 fully saturated rings. The van der Waals surface area contributed by atoms with Gasteiger partial charge in [-0.1, -0.05) is 90.2 Å². The Morgan fingerprint density at radius 1 is 0.719 bits per heavy atom. The molecule has 1 aromatic heterocycles. The zero-order valence-electron chi connectivity index (χ0n) is 17.5. The maximum atomic E-state index is 6.03. The van der Waals surface area contributed by atoms with Gasteiger partial charge in [0.2, 0.25) is 0 Å². The third kappa shape index (κ3) is 4.73. The minimum Gasteiger partial charge on any atom is -0.489 e. The molecular weight excluding hydrogens is 396 g/mol. The Bertz CT molecular complexity index is 1340. The fraction of sp³-hybridized carbons (Fsp3) is 0.0741. The number of hydrogen-bond donors (Lipinski definition) is 1. The minimum atomic E-state index is 0.486. The largest absolute Gasteiger partial charge is 0.489 e. The van der Waals surface area contributed by atoms with Crippen LogP contribution in [-0.2, 0) is 13.0 Å². The molecule has 0 aliphatic carbocycles. The van der Waals surface area contributed by atoms with Gasteiger partial charge in [-0.25, -0.2) is 0 Å². The van der Waals surface area contributed by atoms with Gasteiger partial charge in [0.05, 0.1) is 0 Å². The topological polar surface area (TPSA) is 63.7 Å². The molecule has 0 aliphatic rings. The van der Waals surface area contributed by atoms with E-state index < -0.39 is 0 Å². The van der Waals surface area contributed by atoms with Gasteiger partial charge < -0.3 is 4.74 Å². The number of aromatic nitrogens is 4. The highest BCUT2D eigenvalue weighted by Gasteiger charge is 2.07. The highest BCUT2D eigenvalue weighted by atomic mass is 16.5. The molecule has 156 valence electrons. The van der Waals surface area contributed by atoms with Crippen molar-refractivity contribution in [3.05, 3.63) is 119 Å². The van der Waals surface area contributed by atoms with Gasteiger partial charge >= 0.3 is 0 Å². The van der Waals surface area contributed by atoms with E-state index >= 15 is 0 Å². The zero-order chi connectivity index (χ0) is 21.6. The van der Waals surface area contributed by atoms with Crippen LogP contribution in [0.4, 0.5) is 0 Å². The third-order valence-corrected chi connectivity index (χ3v) is 5.37. The van der Waals surface area contributed by atoms with Crippen LogP contribution in [0.2, 0.25) is 0 Å². The van der Waals surface area contributed by atoms with Gasteiger partial charge in [0.15, 0.2) is 5.82 Å². The van der Waals surface area contributed by atoms with Crippen LogP contribution in [0, 0.1) is 0 Å². The number of tetrazole rings is 1. The first-order valence-electron chi connectivity index (χ1n) is 10.5. The molecule has 0 spiro atoms. The van der Waals surface area contributed by atoms with Gasteiger partial charge in [-0.3, -0.25) is 0 Å². The van der Waals surface area contributed by atoms with Crippen molar-refractivity contribution in [1.29, 1.82) is 0 Å². The summed E-state index contributed by atoms with van der Waals surface area (Å²) in [6, 6.07) is 31.2. The number of nitrogens with zero attached hydrogens (tertiary/aromatic N) is 3. The molecule has 5 heteroatoms. The van der Waals surface area contributed by atoms with E-state index in [1.54, 1.807) is 0 Å². The molecule has 0 saturated carbocycles. The molecule has 0 amide bonds. The molecular formula is C27H22N4O. The number of benzene rings is 4. The van der Waals surface area contributed by atoms with E-state index in [4.69, 9.17) is 4.74 Å². The van der Waals surface area contributed by atoms with E-state index in [9.17, 15) is 0 Å². The van der Waals surface area contributed by atoms with E-state index in [0.717, 1.165) is 22.4 Å². The van der Waals surface area contributed by atoms with E-state index in [1.807, 2.05) is 24.3 Å². The lowest BCUT2D eigenvalue weighted by Crippen LogP contribution is -2.02. The van der Waals surface area contributed by atoms with Crippen LogP contribution in [0.25, 0.3) is 22.9 Å². The molecule has 0 unspecified atom stereocenters. The molecule has 0 radical (unpaired) electrons. The Hall–Kier alpha value is -4.25. The Labute approximate surface area is 186 Å². The number of ether oxygens (including phenoxy) is 1. The van der Waals surface area contributed by atoms with Crippen LogP contribution >= 0.6 is 0 Å². The molecule has 5 rings (SSSR count). The SMILES string of the molecule is C(=Cc1ccc2ccccc2c1)c1ccc(OCc2ccccc2Cc2nn[nH]n2)cc1. The standard InChI is InChI=1S/C27H22N4O/c1-2-6-23-17-21(11-14-22(23)5-1)10-9-20-12-15-26(16-13-20)32-19-25-8-4-3-7-24(25)18-27-28-30-31-29-27/h1-17H,18-19H2,(H,28,29,30,31). The summed E-state index contributed by atoms with van der Waals surface area (Å²) in [4.78, 5) is 0. The zero-order valence-corrected chi connectivity index (χ0v) is 17.5. The van der Waals surface area contributed by atoms with Crippen molar-refractivity contribution in [2.45, 2.75) is 13.0 Å². The fourth-order valence-electron chi connectivity index (χ4n) is 3.64. The van der Waals surface area contributed by atoms with Crippen molar-refractivity contribution in [3.63, 3.8) is 0 Å². The Kier molecular flexibility index (Phi) is 5.70. The lowest BCUT2D eigenvalue weighted by atomic mass is 10.0. The highest BCUT2D eigenvalue weighted by Crippen LogP contribution is 2.20. The van der Waals surface area contributed by atoms with E-state index in [0.29, 0.717) is 18.9 Å². The van der Waals surface area contributed by atoms with Crippen molar-refractivity contribution in [2.24, 2.45) is 0 Å². The Morgan fingerprint density at radius 2 is 1.44 bits per heavy atom. The number of fused-ring (bicyclic) bond motifs is 1. The molecule has 32 heavy (non-hydrogen) atoms. The lowest BCUT2D eigenvalue weighted by molar-refractivity contribution is 0.305. The average molecular weight is 419 g/mol. The summed E-state index contributed by atoms with van der Waals surface area (Å²) < 4.78 is 6.03. The van der Waals surface area contributed by atoms with E-state index in [2.05, 4.69) is 99.5 Å². The molecule has 1 N–H and O–H groups in total. The number of hydrogen-bond acceptors (Lipinski definition) is 4. The first-order valence-corrected chi connectivity index (χ1v) is 10.5. The van der Waals surface area contributed by atoms with E-state index in [1.165, 1.54) is 16.3 Å². The predicted octanol–water partition coefficient (Wildman–Crippen LogP) is 5.69. The molecule has 0 atom stereocenters. The Morgan fingerprint density at radius 3 is 2.25 bits per heavy atom. The number of nitrogens with one attached hydrogen (secondary N) is 1. The van der Waals surface area contributed by atoms with Crippen LogP contribution in [0.3, 0.4) is 0 Å². The highest BCUT2D eigenvalue weighted by molar-refractivity contribution is 5.86. The summed E-state index contributed by atoms with van der Waals surface area (Å²) in [7, 11) is 0. The first kappa shape index (κ1) is 19.7. The van der Waals surface area contributed by atoms with Crippen molar-refractivity contribution in [3.8, 4) is 5.75 Å². The van der Waals surface area contributed by atoms with Gasteiger partial charge in [0.25, 0.3) is 0 Å². The van der Waals surface area contributed by atoms with E-state index in [-0.39, 0.29) is 0 Å². The Balaban J connectivity index is 1.23. The van der Waals surface area contributed by atoms with Crippen LogP contribution in [0.1, 0.15) is 28.1 Å². The van der Waals surface area contributed by atoms with Crippen LogP contribution in [0.15, 0.2) is 91.0 Å². The molecule has 5 aromatic rings. The normalized spacial score (nSPS) is 11.2. The minimum absolute atomic E-state index is 0.486. The quantitative estimate of drug-likeness (QED) is 0.345. The van der Waals surface area contributed by atoms with Crippen LogP contribution < -0.4 is 4.74 Å². The fourth-order valence-corrected chi connectivity index (χ4v) is 3.64. The summed E-state index contributed by atoms with van der Waals surface area (Å²) in [6.45, 7) is 0.486. The van der Waals surface area contributed by atoms with Crippen LogP contribution in [-0.4, -0.2) is 20.6 Å². The second-order valence-electron chi connectivity index (χ2n) is 7.57. The summed E-state index contributed by atoms with van der Waals surface area (Å²) >= 11 is 0. The molecule has 0 bridgehead atoms. The van der Waals surface area contributed by atoms with Crippen molar-refractivity contribution >= 4 is 22.9 Å². The number of rotatable bonds is 7. The second kappa shape index (κ2) is 9.27. The van der Waals surface area contributed by atoms with Crippen molar-refractivity contribution in [2.75, 3.05) is 0 Å². The van der Waals surface area contributed by atoms with Gasteiger partial charge in [0.1, 0.15) is 12.4 Å². The monoisotopic (exact) mass is 418 g/mol. The molecule has 4 aromatic carbocycles. The van der Waals surface area contributed by atoms with Crippen molar-refractivity contribution < 1.29 is 4.74 Å². The average Bonchev–Trinajstić information content (AvgIpc) is 3.36. The molecule has 5 nitrogen and oxygen atoms in total. The van der Waals surface area contributed by atoms with Gasteiger partial charge in [-0.05, 0) is 51.2 Å². The smallest absolute Gasteiger partial charge is 0.178 e. The predicted molar refractivity (Wildman–Crippen MR) is 127 cm³/mol. The molecule has 0 aliphatic heterocycles. The summed E-state index contributed by atoms with van der Waals surface area (Å²) in [6.07, 6.45) is 4.87. The lowest BCUT2D eigenvalue weighted by Gasteiger charge is -2.10. The van der Waals surface area contributed by atoms with Gasteiger partial charge in [0, 0.05) is 6.42 Å². The molecule has 0 saturated heterocycles. The van der Waals surface area contributed by atoms with Gasteiger partial charge in [-0.2, -0.15) is 5.21 Å². The number of H-pyrrole nitrogens is 1. The summed E-state index contributed by atoms with van der Waals surface area (Å²) in [5.74, 6) is 1.50. The second-order valence-corrected chi connectivity index (χ2v) is 7.57. The summed E-state index contributed by atoms with van der Waals surface area (Å²) in [5, 5.41) is 16.7. The molecule has 1 heterocycles. The third-order valence-electron chi connectivity index (χ3n) is 5.37. The van der Waals surface area contributed by atoms with Crippen molar-refractivity contribution in [1.82, 2.24) is 20.6 Å².